The van der Waals surface area contributed by atoms with Crippen molar-refractivity contribution in [3.63, 3.8) is 0 Å². The quantitative estimate of drug-likeness (QED) is 0.916. The summed E-state index contributed by atoms with van der Waals surface area (Å²) in [5, 5.41) is 9.24. The van der Waals surface area contributed by atoms with Crippen LogP contribution in [0, 0.1) is 0 Å². The third kappa shape index (κ3) is 2.96. The molecule has 19 heavy (non-hydrogen) atoms. The Morgan fingerprint density at radius 2 is 1.84 bits per heavy atom. The Morgan fingerprint density at radius 1 is 1.16 bits per heavy atom. The molecule has 1 aliphatic heterocycles. The summed E-state index contributed by atoms with van der Waals surface area (Å²) in [6.07, 6.45) is 2.69. The number of rotatable bonds is 3. The molecule has 6 heteroatoms. The molecule has 1 fully saturated rings. The normalized spacial score (nSPS) is 21.8. The predicted molar refractivity (Wildman–Crippen MR) is 70.2 cm³/mol. The molecule has 1 aromatic rings. The minimum atomic E-state index is -3.73. The van der Waals surface area contributed by atoms with Crippen LogP contribution >= 0.6 is 0 Å². The first kappa shape index (κ1) is 14.0. The summed E-state index contributed by atoms with van der Waals surface area (Å²) in [6, 6.07) is 7.06. The van der Waals surface area contributed by atoms with Crippen LogP contribution in [-0.4, -0.2) is 36.4 Å². The van der Waals surface area contributed by atoms with Gasteiger partial charge in [0.05, 0.1) is 4.90 Å². The van der Waals surface area contributed by atoms with E-state index < -0.39 is 22.0 Å². The van der Waals surface area contributed by atoms with Crippen molar-refractivity contribution in [3.8, 4) is 0 Å². The summed E-state index contributed by atoms with van der Waals surface area (Å²) in [5.74, 6) is -1.07. The van der Waals surface area contributed by atoms with E-state index >= 15 is 0 Å². The second-order valence-electron chi connectivity index (χ2n) is 4.63. The monoisotopic (exact) mass is 283 g/mol. The van der Waals surface area contributed by atoms with Crippen LogP contribution in [0.25, 0.3) is 0 Å². The highest BCUT2D eigenvalue weighted by Gasteiger charge is 2.36. The van der Waals surface area contributed by atoms with Gasteiger partial charge < -0.3 is 5.11 Å². The van der Waals surface area contributed by atoms with Crippen LogP contribution in [0.3, 0.4) is 0 Å². The molecule has 1 saturated heterocycles. The Labute approximate surface area is 112 Å². The van der Waals surface area contributed by atoms with E-state index in [0.717, 1.165) is 17.1 Å². The van der Waals surface area contributed by atoms with Crippen molar-refractivity contribution in [1.82, 2.24) is 4.31 Å². The lowest BCUT2D eigenvalue weighted by atomic mass is 10.1. The number of nitrogens with zero attached hydrogens (tertiary/aromatic N) is 1. The Kier molecular flexibility index (Phi) is 4.21. The highest BCUT2D eigenvalue weighted by Crippen LogP contribution is 2.24. The van der Waals surface area contributed by atoms with Gasteiger partial charge in [0.2, 0.25) is 10.0 Å². The SMILES string of the molecule is O=C(O)C1CCCCCN1S(=O)(=O)c1ccccc1. The number of carbonyl (C=O) groups is 1. The van der Waals surface area contributed by atoms with Gasteiger partial charge in [-0.1, -0.05) is 31.0 Å². The van der Waals surface area contributed by atoms with Crippen molar-refractivity contribution in [2.75, 3.05) is 6.54 Å². The van der Waals surface area contributed by atoms with Gasteiger partial charge in [-0.3, -0.25) is 4.79 Å². The number of carboxylic acid groups (broad SMARTS) is 1. The van der Waals surface area contributed by atoms with Crippen molar-refractivity contribution in [2.45, 2.75) is 36.6 Å². The molecular formula is C13H17NO4S. The predicted octanol–water partition coefficient (Wildman–Crippen LogP) is 1.70. The van der Waals surface area contributed by atoms with Crippen LogP contribution in [-0.2, 0) is 14.8 Å². The van der Waals surface area contributed by atoms with Gasteiger partial charge in [0.15, 0.2) is 0 Å². The molecule has 1 aliphatic rings. The summed E-state index contributed by atoms with van der Waals surface area (Å²) in [4.78, 5) is 11.4. The van der Waals surface area contributed by atoms with Gasteiger partial charge in [-0.2, -0.15) is 4.31 Å². The molecule has 0 amide bonds. The molecule has 1 heterocycles. The first-order chi connectivity index (χ1) is 9.03. The van der Waals surface area contributed by atoms with Gasteiger partial charge in [0, 0.05) is 6.54 Å². The molecule has 0 aliphatic carbocycles. The van der Waals surface area contributed by atoms with Crippen molar-refractivity contribution in [1.29, 1.82) is 0 Å². The summed E-state index contributed by atoms with van der Waals surface area (Å²) < 4.78 is 26.2. The smallest absolute Gasteiger partial charge is 0.322 e. The van der Waals surface area contributed by atoms with E-state index in [0.29, 0.717) is 12.8 Å². The summed E-state index contributed by atoms with van der Waals surface area (Å²) in [7, 11) is -3.73. The van der Waals surface area contributed by atoms with E-state index in [4.69, 9.17) is 0 Å². The highest BCUT2D eigenvalue weighted by atomic mass is 32.2. The molecule has 0 saturated carbocycles. The van der Waals surface area contributed by atoms with Crippen LogP contribution in [0.2, 0.25) is 0 Å². The maximum absolute atomic E-state index is 12.5. The second-order valence-corrected chi connectivity index (χ2v) is 6.52. The second kappa shape index (κ2) is 5.71. The molecule has 1 unspecified atom stereocenters. The van der Waals surface area contributed by atoms with Crippen LogP contribution in [0.1, 0.15) is 25.7 Å². The van der Waals surface area contributed by atoms with E-state index in [9.17, 15) is 18.3 Å². The number of benzene rings is 1. The highest BCUT2D eigenvalue weighted by molar-refractivity contribution is 7.89. The maximum atomic E-state index is 12.5. The van der Waals surface area contributed by atoms with Crippen molar-refractivity contribution in [3.05, 3.63) is 30.3 Å². The van der Waals surface area contributed by atoms with E-state index in [1.807, 2.05) is 0 Å². The zero-order valence-corrected chi connectivity index (χ0v) is 11.3. The van der Waals surface area contributed by atoms with Gasteiger partial charge in [-0.25, -0.2) is 8.42 Å². The number of hydrogen-bond acceptors (Lipinski definition) is 3. The molecule has 1 atom stereocenters. The first-order valence-corrected chi connectivity index (χ1v) is 7.77. The summed E-state index contributed by atoms with van der Waals surface area (Å²) in [6.45, 7) is 0.272. The van der Waals surface area contributed by atoms with E-state index in [-0.39, 0.29) is 11.4 Å². The van der Waals surface area contributed by atoms with Gasteiger partial charge in [0.1, 0.15) is 6.04 Å². The average Bonchev–Trinajstić information content (AvgIpc) is 2.65. The zero-order valence-electron chi connectivity index (χ0n) is 10.5. The Balaban J connectivity index is 2.38. The topological polar surface area (TPSA) is 74.7 Å². The Bertz CT molecular complexity index is 541. The molecule has 2 rings (SSSR count). The van der Waals surface area contributed by atoms with Gasteiger partial charge in [-0.05, 0) is 25.0 Å². The number of carboxylic acids is 1. The summed E-state index contributed by atoms with van der Waals surface area (Å²) in [5.41, 5.74) is 0. The van der Waals surface area contributed by atoms with Crippen LogP contribution < -0.4 is 0 Å². The Hall–Kier alpha value is -1.40. The van der Waals surface area contributed by atoms with Crippen molar-refractivity contribution >= 4 is 16.0 Å². The average molecular weight is 283 g/mol. The molecule has 5 nitrogen and oxygen atoms in total. The number of hydrogen-bond donors (Lipinski definition) is 1. The lowest BCUT2D eigenvalue weighted by Gasteiger charge is -2.26. The van der Waals surface area contributed by atoms with Crippen LogP contribution in [0.15, 0.2) is 35.2 Å². The Morgan fingerprint density at radius 3 is 2.47 bits per heavy atom. The zero-order chi connectivity index (χ0) is 13.9. The fourth-order valence-corrected chi connectivity index (χ4v) is 4.02. The van der Waals surface area contributed by atoms with Crippen LogP contribution in [0.4, 0.5) is 0 Å². The lowest BCUT2D eigenvalue weighted by molar-refractivity contribution is -0.141. The molecule has 0 spiro atoms. The molecular weight excluding hydrogens is 266 g/mol. The molecule has 0 radical (unpaired) electrons. The fraction of sp³-hybridized carbons (Fsp3) is 0.462. The number of aliphatic carboxylic acids is 1. The largest absolute Gasteiger partial charge is 0.480 e. The third-order valence-corrected chi connectivity index (χ3v) is 5.26. The molecule has 104 valence electrons. The van der Waals surface area contributed by atoms with Crippen molar-refractivity contribution in [2.24, 2.45) is 0 Å². The van der Waals surface area contributed by atoms with Gasteiger partial charge in [-0.15, -0.1) is 0 Å². The third-order valence-electron chi connectivity index (χ3n) is 3.34. The fourth-order valence-electron chi connectivity index (χ4n) is 2.34. The van der Waals surface area contributed by atoms with E-state index in [1.54, 1.807) is 18.2 Å². The lowest BCUT2D eigenvalue weighted by Crippen LogP contribution is -2.44. The minimum Gasteiger partial charge on any atom is -0.480 e. The van der Waals surface area contributed by atoms with Crippen LogP contribution in [0.5, 0.6) is 0 Å². The molecule has 0 bridgehead atoms. The summed E-state index contributed by atoms with van der Waals surface area (Å²) >= 11 is 0. The molecule has 0 aromatic heterocycles. The maximum Gasteiger partial charge on any atom is 0.322 e. The number of sulfonamides is 1. The van der Waals surface area contributed by atoms with Gasteiger partial charge >= 0.3 is 5.97 Å². The molecule has 1 aromatic carbocycles. The minimum absolute atomic E-state index is 0.156. The van der Waals surface area contributed by atoms with E-state index in [1.165, 1.54) is 12.1 Å². The van der Waals surface area contributed by atoms with Gasteiger partial charge in [0.25, 0.3) is 0 Å². The first-order valence-electron chi connectivity index (χ1n) is 6.33. The van der Waals surface area contributed by atoms with Crippen molar-refractivity contribution < 1.29 is 18.3 Å². The standard InChI is InChI=1S/C13H17NO4S/c15-13(16)12-9-5-2-6-10-14(12)19(17,18)11-7-3-1-4-8-11/h1,3-4,7-8,12H,2,5-6,9-10H2,(H,15,16). The molecule has 1 N–H and O–H groups in total. The van der Waals surface area contributed by atoms with E-state index in [2.05, 4.69) is 0 Å².